The molecule has 1 saturated heterocycles. The number of hydrogen-bond acceptors (Lipinski definition) is 3. The summed E-state index contributed by atoms with van der Waals surface area (Å²) in [7, 11) is 1.70. The molecule has 2 rings (SSSR count). The van der Waals surface area contributed by atoms with Crippen LogP contribution in [-0.2, 0) is 15.6 Å². The third-order valence-electron chi connectivity index (χ3n) is 3.17. The van der Waals surface area contributed by atoms with Gasteiger partial charge in [0.05, 0.1) is 4.90 Å². The summed E-state index contributed by atoms with van der Waals surface area (Å²) in [4.78, 5) is 2.35. The second-order valence-electron chi connectivity index (χ2n) is 4.49. The van der Waals surface area contributed by atoms with Crippen molar-refractivity contribution in [2.45, 2.75) is 30.7 Å². The van der Waals surface area contributed by atoms with Crippen molar-refractivity contribution in [3.05, 3.63) is 28.8 Å². The molecule has 1 heterocycles. The number of piperidine rings is 1. The maximum atomic E-state index is 11.5. The predicted octanol–water partition coefficient (Wildman–Crippen LogP) is 3.25. The fourth-order valence-corrected chi connectivity index (χ4v) is 3.70. The van der Waals surface area contributed by atoms with E-state index in [4.69, 9.17) is 22.3 Å². The summed E-state index contributed by atoms with van der Waals surface area (Å²) >= 11 is 6.10. The number of benzene rings is 1. The van der Waals surface area contributed by atoms with E-state index in [0.29, 0.717) is 17.1 Å². The van der Waals surface area contributed by atoms with Crippen LogP contribution in [-0.4, -0.2) is 26.4 Å². The molecular weight excluding hydrogens is 293 g/mol. The molecule has 1 fully saturated rings. The Kier molecular flexibility index (Phi) is 4.54. The molecular formula is C12H15Cl2NO2S. The SMILES string of the molecule is O=S(=O)(Cl)c1cccc(Cl)c1CN1CCCCC1. The second-order valence-corrected chi connectivity index (χ2v) is 7.43. The van der Waals surface area contributed by atoms with Gasteiger partial charge in [-0.15, -0.1) is 0 Å². The third kappa shape index (κ3) is 3.38. The lowest BCUT2D eigenvalue weighted by Gasteiger charge is -2.27. The van der Waals surface area contributed by atoms with E-state index in [1.165, 1.54) is 12.5 Å². The Hall–Kier alpha value is -0.290. The van der Waals surface area contributed by atoms with Crippen LogP contribution in [0.15, 0.2) is 23.1 Å². The summed E-state index contributed by atoms with van der Waals surface area (Å²) in [6.45, 7) is 2.50. The van der Waals surface area contributed by atoms with E-state index in [1.54, 1.807) is 12.1 Å². The van der Waals surface area contributed by atoms with Crippen LogP contribution in [0, 0.1) is 0 Å². The van der Waals surface area contributed by atoms with Gasteiger partial charge < -0.3 is 0 Å². The molecule has 0 radical (unpaired) electrons. The van der Waals surface area contributed by atoms with Gasteiger partial charge in [-0.2, -0.15) is 0 Å². The molecule has 0 spiro atoms. The summed E-state index contributed by atoms with van der Waals surface area (Å²) in [5, 5.41) is 0.460. The average molecular weight is 308 g/mol. The summed E-state index contributed by atoms with van der Waals surface area (Å²) in [6, 6.07) is 4.82. The maximum absolute atomic E-state index is 11.5. The number of likely N-dealkylation sites (tertiary alicyclic amines) is 1. The quantitative estimate of drug-likeness (QED) is 0.804. The topological polar surface area (TPSA) is 37.4 Å². The normalized spacial score (nSPS) is 17.9. The Morgan fingerprint density at radius 1 is 1.17 bits per heavy atom. The van der Waals surface area contributed by atoms with Gasteiger partial charge in [0.15, 0.2) is 0 Å². The largest absolute Gasteiger partial charge is 0.299 e. The number of halogens is 2. The first-order valence-corrected chi connectivity index (χ1v) is 8.61. The summed E-state index contributed by atoms with van der Waals surface area (Å²) in [5.74, 6) is 0. The van der Waals surface area contributed by atoms with Crippen LogP contribution in [0.5, 0.6) is 0 Å². The minimum absolute atomic E-state index is 0.127. The van der Waals surface area contributed by atoms with Crippen molar-refractivity contribution < 1.29 is 8.42 Å². The first-order chi connectivity index (χ1) is 8.48. The maximum Gasteiger partial charge on any atom is 0.261 e. The highest BCUT2D eigenvalue weighted by Gasteiger charge is 2.20. The zero-order valence-electron chi connectivity index (χ0n) is 9.90. The molecule has 1 aliphatic rings. The smallest absolute Gasteiger partial charge is 0.261 e. The standard InChI is InChI=1S/C12H15Cl2NO2S/c13-11-5-4-6-12(18(14,16)17)10(11)9-15-7-2-1-3-8-15/h4-6H,1-3,7-9H2. The zero-order chi connectivity index (χ0) is 13.2. The van der Waals surface area contributed by atoms with E-state index in [0.717, 1.165) is 25.9 Å². The molecule has 0 amide bonds. The Labute approximate surface area is 117 Å². The number of nitrogens with zero attached hydrogens (tertiary/aromatic N) is 1. The summed E-state index contributed by atoms with van der Waals surface area (Å²) in [5.41, 5.74) is 0.607. The minimum Gasteiger partial charge on any atom is -0.299 e. The van der Waals surface area contributed by atoms with E-state index < -0.39 is 9.05 Å². The molecule has 3 nitrogen and oxygen atoms in total. The van der Waals surface area contributed by atoms with Crippen LogP contribution in [0.3, 0.4) is 0 Å². The van der Waals surface area contributed by atoms with E-state index in [2.05, 4.69) is 4.90 Å². The third-order valence-corrected chi connectivity index (χ3v) is 4.93. The van der Waals surface area contributed by atoms with Crippen molar-refractivity contribution in [2.24, 2.45) is 0 Å². The highest BCUT2D eigenvalue weighted by molar-refractivity contribution is 8.13. The Morgan fingerprint density at radius 2 is 1.83 bits per heavy atom. The van der Waals surface area contributed by atoms with Crippen molar-refractivity contribution in [3.8, 4) is 0 Å². The van der Waals surface area contributed by atoms with Crippen LogP contribution in [0.4, 0.5) is 0 Å². The van der Waals surface area contributed by atoms with Gasteiger partial charge in [0, 0.05) is 27.8 Å². The van der Waals surface area contributed by atoms with Gasteiger partial charge >= 0.3 is 0 Å². The van der Waals surface area contributed by atoms with Crippen LogP contribution in [0.2, 0.25) is 5.02 Å². The first kappa shape index (κ1) is 14.1. The lowest BCUT2D eigenvalue weighted by molar-refractivity contribution is 0.219. The van der Waals surface area contributed by atoms with Gasteiger partial charge in [-0.05, 0) is 38.1 Å². The molecule has 100 valence electrons. The van der Waals surface area contributed by atoms with Crippen molar-refractivity contribution >= 4 is 31.3 Å². The highest BCUT2D eigenvalue weighted by Crippen LogP contribution is 2.28. The van der Waals surface area contributed by atoms with Crippen LogP contribution in [0.1, 0.15) is 24.8 Å². The fourth-order valence-electron chi connectivity index (χ4n) is 2.26. The van der Waals surface area contributed by atoms with Crippen LogP contribution >= 0.6 is 22.3 Å². The summed E-state index contributed by atoms with van der Waals surface area (Å²) < 4.78 is 23.1. The average Bonchev–Trinajstić information content (AvgIpc) is 2.32. The van der Waals surface area contributed by atoms with Crippen LogP contribution < -0.4 is 0 Å². The summed E-state index contributed by atoms with van der Waals surface area (Å²) in [6.07, 6.45) is 3.53. The van der Waals surface area contributed by atoms with E-state index >= 15 is 0 Å². The molecule has 0 saturated carbocycles. The van der Waals surface area contributed by atoms with Crippen molar-refractivity contribution in [1.82, 2.24) is 4.90 Å². The molecule has 1 aliphatic heterocycles. The fraction of sp³-hybridized carbons (Fsp3) is 0.500. The second kappa shape index (κ2) is 5.78. The Bertz CT molecular complexity index is 525. The molecule has 0 atom stereocenters. The molecule has 18 heavy (non-hydrogen) atoms. The predicted molar refractivity (Wildman–Crippen MR) is 73.6 cm³/mol. The molecule has 0 unspecified atom stereocenters. The van der Waals surface area contributed by atoms with Gasteiger partial charge in [0.2, 0.25) is 0 Å². The Morgan fingerprint density at radius 3 is 2.44 bits per heavy atom. The van der Waals surface area contributed by atoms with Crippen molar-refractivity contribution in [3.63, 3.8) is 0 Å². The Balaban J connectivity index is 2.31. The molecule has 0 bridgehead atoms. The van der Waals surface area contributed by atoms with Gasteiger partial charge in [-0.25, -0.2) is 8.42 Å². The van der Waals surface area contributed by atoms with Gasteiger partial charge in [-0.1, -0.05) is 24.1 Å². The van der Waals surface area contributed by atoms with E-state index in [1.807, 2.05) is 0 Å². The highest BCUT2D eigenvalue weighted by atomic mass is 35.7. The van der Waals surface area contributed by atoms with Gasteiger partial charge in [-0.3, -0.25) is 4.90 Å². The van der Waals surface area contributed by atoms with E-state index in [9.17, 15) is 8.42 Å². The van der Waals surface area contributed by atoms with Gasteiger partial charge in [0.1, 0.15) is 0 Å². The molecule has 0 aliphatic carbocycles. The zero-order valence-corrected chi connectivity index (χ0v) is 12.2. The lowest BCUT2D eigenvalue weighted by Crippen LogP contribution is -2.29. The minimum atomic E-state index is -3.75. The molecule has 0 N–H and O–H groups in total. The monoisotopic (exact) mass is 307 g/mol. The number of hydrogen-bond donors (Lipinski definition) is 0. The van der Waals surface area contributed by atoms with Crippen LogP contribution in [0.25, 0.3) is 0 Å². The van der Waals surface area contributed by atoms with E-state index in [-0.39, 0.29) is 4.90 Å². The number of rotatable bonds is 3. The lowest BCUT2D eigenvalue weighted by atomic mass is 10.1. The van der Waals surface area contributed by atoms with Crippen molar-refractivity contribution in [1.29, 1.82) is 0 Å². The first-order valence-electron chi connectivity index (χ1n) is 5.93. The van der Waals surface area contributed by atoms with Crippen molar-refractivity contribution in [2.75, 3.05) is 13.1 Å². The van der Waals surface area contributed by atoms with Gasteiger partial charge in [0.25, 0.3) is 9.05 Å². The molecule has 0 aromatic heterocycles. The molecule has 6 heteroatoms. The molecule has 1 aromatic carbocycles. The molecule has 1 aromatic rings.